The monoisotopic (exact) mass is 294 g/mol. The lowest BCUT2D eigenvalue weighted by Gasteiger charge is -2.35. The Bertz CT molecular complexity index is 344. The fourth-order valence-corrected chi connectivity index (χ4v) is 2.98. The Hall–Kier alpha value is -0.830. The van der Waals surface area contributed by atoms with Gasteiger partial charge in [-0.25, -0.2) is 0 Å². The molecule has 0 unspecified atom stereocenters. The topological polar surface area (TPSA) is 24.8 Å². The van der Waals surface area contributed by atoms with Crippen molar-refractivity contribution in [1.82, 2.24) is 4.90 Å². The Labute approximate surface area is 131 Å². The highest BCUT2D eigenvalue weighted by Crippen LogP contribution is 2.28. The number of methoxy groups -OCH3 is 1. The maximum atomic E-state index is 5.40. The zero-order valence-corrected chi connectivity index (χ0v) is 14.7. The van der Waals surface area contributed by atoms with Gasteiger partial charge < -0.3 is 9.64 Å². The van der Waals surface area contributed by atoms with Crippen molar-refractivity contribution in [3.05, 3.63) is 12.7 Å². The molecule has 1 saturated heterocycles. The molecule has 0 spiro atoms. The highest BCUT2D eigenvalue weighted by Gasteiger charge is 2.33. The van der Waals surface area contributed by atoms with Crippen molar-refractivity contribution in [2.24, 2.45) is 10.4 Å². The number of aliphatic imine (C=N–C) groups is 1. The lowest BCUT2D eigenvalue weighted by molar-refractivity contribution is 0.141. The van der Waals surface area contributed by atoms with Gasteiger partial charge in [-0.3, -0.25) is 4.99 Å². The second kappa shape index (κ2) is 8.57. The molecular weight excluding hydrogens is 260 g/mol. The summed E-state index contributed by atoms with van der Waals surface area (Å²) < 4.78 is 5.40. The number of unbranched alkanes of at least 4 members (excludes halogenated alkanes) is 1. The van der Waals surface area contributed by atoms with E-state index in [1.165, 1.54) is 31.5 Å². The second-order valence-electron chi connectivity index (χ2n) is 7.09. The molecule has 122 valence electrons. The van der Waals surface area contributed by atoms with Crippen LogP contribution in [0.5, 0.6) is 0 Å². The first-order valence-corrected chi connectivity index (χ1v) is 8.40. The van der Waals surface area contributed by atoms with Crippen LogP contribution in [0.15, 0.2) is 17.6 Å². The van der Waals surface area contributed by atoms with Gasteiger partial charge in [0, 0.05) is 19.1 Å². The molecule has 0 aromatic carbocycles. The van der Waals surface area contributed by atoms with E-state index in [1.54, 1.807) is 7.11 Å². The van der Waals surface area contributed by atoms with Crippen LogP contribution in [0.25, 0.3) is 0 Å². The molecule has 0 bridgehead atoms. The number of rotatable bonds is 7. The van der Waals surface area contributed by atoms with Crippen LogP contribution in [0, 0.1) is 5.41 Å². The quantitative estimate of drug-likeness (QED) is 0.397. The van der Waals surface area contributed by atoms with Crippen molar-refractivity contribution < 1.29 is 4.74 Å². The molecular formula is C18H34N2O. The van der Waals surface area contributed by atoms with Crippen LogP contribution in [0.2, 0.25) is 0 Å². The zero-order chi connectivity index (χ0) is 15.9. The van der Waals surface area contributed by atoms with Crippen LogP contribution >= 0.6 is 0 Å². The Morgan fingerprint density at radius 1 is 1.48 bits per heavy atom. The Morgan fingerprint density at radius 3 is 2.71 bits per heavy atom. The maximum absolute atomic E-state index is 5.40. The van der Waals surface area contributed by atoms with E-state index >= 15 is 0 Å². The van der Waals surface area contributed by atoms with Crippen molar-refractivity contribution >= 4 is 5.84 Å². The number of likely N-dealkylation sites (tertiary alicyclic amines) is 1. The van der Waals surface area contributed by atoms with Crippen LogP contribution in [-0.4, -0.2) is 43.1 Å². The van der Waals surface area contributed by atoms with Gasteiger partial charge in [-0.05, 0) is 19.3 Å². The molecule has 0 aromatic heterocycles. The summed E-state index contributed by atoms with van der Waals surface area (Å²) in [6, 6.07) is 0.715. The number of hydrogen-bond donors (Lipinski definition) is 0. The molecule has 0 aromatic rings. The van der Waals surface area contributed by atoms with Gasteiger partial charge in [-0.1, -0.05) is 46.6 Å². The standard InChI is InChI=1S/C18H34N2O/c1-7-9-11-15(8-2)19-17(18(3,4)5)20-13-10-12-16(20)14-21-6/h8,15-16H,2,7,9-14H2,1,3-6H3/t15-,16+/m1/s1. The molecule has 2 atom stereocenters. The van der Waals surface area contributed by atoms with Crippen molar-refractivity contribution in [3.63, 3.8) is 0 Å². The average molecular weight is 294 g/mol. The fraction of sp³-hybridized carbons (Fsp3) is 0.833. The third-order valence-electron chi connectivity index (χ3n) is 4.09. The summed E-state index contributed by atoms with van der Waals surface area (Å²) in [5.74, 6) is 1.23. The van der Waals surface area contributed by atoms with Crippen molar-refractivity contribution in [2.45, 2.75) is 71.9 Å². The van der Waals surface area contributed by atoms with Gasteiger partial charge in [-0.2, -0.15) is 0 Å². The minimum absolute atomic E-state index is 0.0593. The van der Waals surface area contributed by atoms with Crippen molar-refractivity contribution in [1.29, 1.82) is 0 Å². The normalized spacial score (nSPS) is 21.7. The SMILES string of the molecule is C=C[C@H](CCCC)N=C(N1CCC[C@H]1COC)C(C)(C)C. The highest BCUT2D eigenvalue weighted by molar-refractivity contribution is 5.88. The van der Waals surface area contributed by atoms with Gasteiger partial charge in [0.25, 0.3) is 0 Å². The molecule has 3 nitrogen and oxygen atoms in total. The van der Waals surface area contributed by atoms with Crippen molar-refractivity contribution in [2.75, 3.05) is 20.3 Å². The predicted molar refractivity (Wildman–Crippen MR) is 92.0 cm³/mol. The van der Waals surface area contributed by atoms with Crippen LogP contribution in [0.4, 0.5) is 0 Å². The van der Waals surface area contributed by atoms with Gasteiger partial charge in [0.15, 0.2) is 0 Å². The molecule has 0 amide bonds. The van der Waals surface area contributed by atoms with E-state index in [2.05, 4.69) is 39.2 Å². The number of amidine groups is 1. The molecule has 1 heterocycles. The molecule has 0 saturated carbocycles. The third-order valence-corrected chi connectivity index (χ3v) is 4.09. The highest BCUT2D eigenvalue weighted by atomic mass is 16.5. The minimum Gasteiger partial charge on any atom is -0.383 e. The first-order chi connectivity index (χ1) is 9.93. The largest absolute Gasteiger partial charge is 0.383 e. The van der Waals surface area contributed by atoms with E-state index in [-0.39, 0.29) is 11.5 Å². The van der Waals surface area contributed by atoms with Crippen LogP contribution < -0.4 is 0 Å². The summed E-state index contributed by atoms with van der Waals surface area (Å²) in [5.41, 5.74) is 0.0593. The summed E-state index contributed by atoms with van der Waals surface area (Å²) in [6.45, 7) is 14.9. The van der Waals surface area contributed by atoms with Crippen LogP contribution in [0.3, 0.4) is 0 Å². The summed E-state index contributed by atoms with van der Waals surface area (Å²) in [6.07, 6.45) is 7.96. The zero-order valence-electron chi connectivity index (χ0n) is 14.7. The molecule has 1 fully saturated rings. The summed E-state index contributed by atoms with van der Waals surface area (Å²) in [7, 11) is 1.79. The van der Waals surface area contributed by atoms with E-state index in [0.29, 0.717) is 6.04 Å². The average Bonchev–Trinajstić information content (AvgIpc) is 2.86. The third kappa shape index (κ3) is 5.46. The predicted octanol–water partition coefficient (Wildman–Crippen LogP) is 4.29. The van der Waals surface area contributed by atoms with E-state index in [0.717, 1.165) is 19.6 Å². The first-order valence-electron chi connectivity index (χ1n) is 8.40. The molecule has 1 aliphatic rings. The molecule has 21 heavy (non-hydrogen) atoms. The Morgan fingerprint density at radius 2 is 2.19 bits per heavy atom. The van der Waals surface area contributed by atoms with E-state index in [9.17, 15) is 0 Å². The van der Waals surface area contributed by atoms with Gasteiger partial charge in [0.05, 0.1) is 18.7 Å². The molecule has 0 aliphatic carbocycles. The van der Waals surface area contributed by atoms with Gasteiger partial charge in [-0.15, -0.1) is 6.58 Å². The lowest BCUT2D eigenvalue weighted by atomic mass is 9.93. The second-order valence-corrected chi connectivity index (χ2v) is 7.09. The number of ether oxygens (including phenoxy) is 1. The van der Waals surface area contributed by atoms with Crippen molar-refractivity contribution in [3.8, 4) is 0 Å². The molecule has 0 N–H and O–H groups in total. The fourth-order valence-electron chi connectivity index (χ4n) is 2.98. The van der Waals surface area contributed by atoms with Crippen LogP contribution in [0.1, 0.15) is 59.8 Å². The van der Waals surface area contributed by atoms with Crippen LogP contribution in [-0.2, 0) is 4.74 Å². The molecule has 1 aliphatic heterocycles. The smallest absolute Gasteiger partial charge is 0.105 e. The minimum atomic E-state index is 0.0593. The molecule has 1 rings (SSSR count). The number of nitrogens with zero attached hydrogens (tertiary/aromatic N) is 2. The Kier molecular flexibility index (Phi) is 7.44. The van der Waals surface area contributed by atoms with Gasteiger partial charge in [0.2, 0.25) is 0 Å². The molecule has 3 heteroatoms. The molecule has 0 radical (unpaired) electrons. The summed E-state index contributed by atoms with van der Waals surface area (Å²) in [5, 5.41) is 0. The Balaban J connectivity index is 2.96. The summed E-state index contributed by atoms with van der Waals surface area (Å²) in [4.78, 5) is 7.56. The number of hydrogen-bond acceptors (Lipinski definition) is 2. The summed E-state index contributed by atoms with van der Waals surface area (Å²) >= 11 is 0. The first kappa shape index (κ1) is 18.2. The maximum Gasteiger partial charge on any atom is 0.105 e. The van der Waals surface area contributed by atoms with E-state index in [1.807, 2.05) is 6.08 Å². The van der Waals surface area contributed by atoms with Gasteiger partial charge >= 0.3 is 0 Å². The van der Waals surface area contributed by atoms with Gasteiger partial charge in [0.1, 0.15) is 5.84 Å². The van der Waals surface area contributed by atoms with E-state index in [4.69, 9.17) is 9.73 Å². The van der Waals surface area contributed by atoms with E-state index < -0.39 is 0 Å². The lowest BCUT2D eigenvalue weighted by Crippen LogP contribution is -2.45.